The summed E-state index contributed by atoms with van der Waals surface area (Å²) in [4.78, 5) is 52.9. The van der Waals surface area contributed by atoms with Crippen LogP contribution < -0.4 is 4.90 Å². The second kappa shape index (κ2) is 10.7. The molecular weight excluding hydrogens is 442 g/mol. The summed E-state index contributed by atoms with van der Waals surface area (Å²) in [6.45, 7) is 1.56. The molecule has 0 aliphatic carbocycles. The van der Waals surface area contributed by atoms with E-state index < -0.39 is 23.8 Å². The molecule has 1 aromatic heterocycles. The van der Waals surface area contributed by atoms with Gasteiger partial charge in [-0.2, -0.15) is 0 Å². The number of benzene rings is 2. The number of ether oxygens (including phenoxy) is 2. The zero-order valence-corrected chi connectivity index (χ0v) is 19.3. The van der Waals surface area contributed by atoms with Crippen molar-refractivity contribution in [2.24, 2.45) is 0 Å². The van der Waals surface area contributed by atoms with Crippen molar-refractivity contribution in [3.63, 3.8) is 0 Å². The van der Waals surface area contributed by atoms with Gasteiger partial charge in [-0.15, -0.1) is 11.3 Å². The van der Waals surface area contributed by atoms with Crippen LogP contribution in [0.3, 0.4) is 0 Å². The van der Waals surface area contributed by atoms with Crippen LogP contribution in [0.4, 0.5) is 5.00 Å². The first-order chi connectivity index (χ1) is 15.9. The normalized spacial score (nSPS) is 10.4. The fraction of sp³-hybridized carbons (Fsp3) is 0.200. The Labute approximate surface area is 195 Å². The third kappa shape index (κ3) is 5.35. The Kier molecular flexibility index (Phi) is 7.74. The van der Waals surface area contributed by atoms with E-state index in [-0.39, 0.29) is 28.3 Å². The summed E-state index contributed by atoms with van der Waals surface area (Å²) >= 11 is 0.857. The molecule has 0 saturated carbocycles. The van der Waals surface area contributed by atoms with Crippen LogP contribution in [0.25, 0.3) is 0 Å². The van der Waals surface area contributed by atoms with Crippen molar-refractivity contribution in [3.8, 4) is 0 Å². The van der Waals surface area contributed by atoms with Gasteiger partial charge in [0.05, 0.1) is 32.6 Å². The predicted molar refractivity (Wildman–Crippen MR) is 125 cm³/mol. The number of hydrogen-bond acceptors (Lipinski definition) is 7. The van der Waals surface area contributed by atoms with E-state index in [4.69, 9.17) is 9.47 Å². The van der Waals surface area contributed by atoms with Gasteiger partial charge in [0.25, 0.3) is 0 Å². The number of amides is 2. The fourth-order valence-electron chi connectivity index (χ4n) is 3.35. The van der Waals surface area contributed by atoms with Gasteiger partial charge >= 0.3 is 11.9 Å². The van der Waals surface area contributed by atoms with Gasteiger partial charge < -0.3 is 9.47 Å². The average Bonchev–Trinajstić information content (AvgIpc) is 3.15. The van der Waals surface area contributed by atoms with Crippen LogP contribution in [0, 0.1) is 6.92 Å². The minimum Gasteiger partial charge on any atom is -0.465 e. The second-order valence-electron chi connectivity index (χ2n) is 7.17. The van der Waals surface area contributed by atoms with Crippen LogP contribution in [0.5, 0.6) is 0 Å². The number of rotatable bonds is 7. The summed E-state index contributed by atoms with van der Waals surface area (Å²) in [5.41, 5.74) is 1.70. The maximum atomic E-state index is 13.4. The number of anilines is 1. The average molecular weight is 466 g/mol. The van der Waals surface area contributed by atoms with Crippen LogP contribution in [-0.2, 0) is 31.9 Å². The highest BCUT2D eigenvalue weighted by atomic mass is 32.1. The van der Waals surface area contributed by atoms with Gasteiger partial charge in [-0.25, -0.2) is 14.5 Å². The van der Waals surface area contributed by atoms with Crippen LogP contribution >= 0.6 is 11.3 Å². The smallest absolute Gasteiger partial charge is 0.348 e. The third-order valence-corrected chi connectivity index (χ3v) is 6.24. The van der Waals surface area contributed by atoms with Gasteiger partial charge in [-0.3, -0.25) is 9.59 Å². The Hall–Kier alpha value is -3.78. The lowest BCUT2D eigenvalue weighted by atomic mass is 10.1. The summed E-state index contributed by atoms with van der Waals surface area (Å²) in [5.74, 6) is -2.46. The van der Waals surface area contributed by atoms with Gasteiger partial charge in [0, 0.05) is 0 Å². The first kappa shape index (κ1) is 23.9. The summed E-state index contributed by atoms with van der Waals surface area (Å²) < 4.78 is 9.72. The molecule has 2 aromatic carbocycles. The zero-order chi connectivity index (χ0) is 24.0. The van der Waals surface area contributed by atoms with Gasteiger partial charge in [0.1, 0.15) is 9.88 Å². The molecule has 2 amide bonds. The van der Waals surface area contributed by atoms with E-state index in [2.05, 4.69) is 0 Å². The van der Waals surface area contributed by atoms with Gasteiger partial charge in [-0.1, -0.05) is 60.7 Å². The van der Waals surface area contributed by atoms with Crippen LogP contribution in [0.15, 0.2) is 60.7 Å². The fourth-order valence-corrected chi connectivity index (χ4v) is 4.60. The first-order valence-electron chi connectivity index (χ1n) is 10.1. The lowest BCUT2D eigenvalue weighted by molar-refractivity contribution is -0.125. The molecule has 33 heavy (non-hydrogen) atoms. The second-order valence-corrected chi connectivity index (χ2v) is 8.17. The topological polar surface area (TPSA) is 90.0 Å². The van der Waals surface area contributed by atoms with Gasteiger partial charge in [0.2, 0.25) is 11.8 Å². The lowest BCUT2D eigenvalue weighted by Crippen LogP contribution is -2.39. The van der Waals surface area contributed by atoms with Gasteiger partial charge in [0.15, 0.2) is 0 Å². The number of thiophene rings is 1. The molecule has 0 unspecified atom stereocenters. The predicted octanol–water partition coefficient (Wildman–Crippen LogP) is 3.97. The van der Waals surface area contributed by atoms with Crippen LogP contribution in [-0.4, -0.2) is 38.0 Å². The number of carbonyl (C=O) groups excluding carboxylic acids is 4. The number of nitrogens with zero attached hydrogens (tertiary/aromatic N) is 1. The van der Waals surface area contributed by atoms with E-state index in [0.29, 0.717) is 16.7 Å². The highest BCUT2D eigenvalue weighted by Gasteiger charge is 2.34. The molecule has 3 rings (SSSR count). The van der Waals surface area contributed by atoms with E-state index in [0.717, 1.165) is 16.2 Å². The maximum Gasteiger partial charge on any atom is 0.348 e. The molecule has 0 bridgehead atoms. The maximum absolute atomic E-state index is 13.4. The van der Waals surface area contributed by atoms with Crippen molar-refractivity contribution < 1.29 is 28.7 Å². The van der Waals surface area contributed by atoms with Crippen molar-refractivity contribution in [2.75, 3.05) is 19.1 Å². The Balaban J connectivity index is 2.11. The molecule has 0 aliphatic rings. The number of esters is 2. The number of imide groups is 1. The molecule has 1 heterocycles. The lowest BCUT2D eigenvalue weighted by Gasteiger charge is -2.21. The molecule has 0 spiro atoms. The molecule has 0 saturated heterocycles. The number of carbonyl (C=O) groups is 4. The molecule has 170 valence electrons. The summed E-state index contributed by atoms with van der Waals surface area (Å²) in [6.07, 6.45) is -0.126. The molecule has 3 aromatic rings. The summed E-state index contributed by atoms with van der Waals surface area (Å²) in [7, 11) is 2.42. The van der Waals surface area contributed by atoms with E-state index in [1.807, 2.05) is 12.1 Å². The molecule has 0 radical (unpaired) electrons. The monoisotopic (exact) mass is 465 g/mol. The van der Waals surface area contributed by atoms with Crippen molar-refractivity contribution in [1.29, 1.82) is 0 Å². The molecule has 0 N–H and O–H groups in total. The van der Waals surface area contributed by atoms with Crippen LogP contribution in [0.1, 0.15) is 36.7 Å². The summed E-state index contributed by atoms with van der Waals surface area (Å²) in [6, 6.07) is 17.9. The number of methoxy groups -OCH3 is 2. The van der Waals surface area contributed by atoms with Crippen molar-refractivity contribution in [1.82, 2.24) is 0 Å². The molecule has 0 atom stereocenters. The minimum atomic E-state index is -0.751. The molecule has 8 heteroatoms. The third-order valence-electron chi connectivity index (χ3n) is 4.99. The highest BCUT2D eigenvalue weighted by Crippen LogP contribution is 2.37. The van der Waals surface area contributed by atoms with Crippen LogP contribution in [0.2, 0.25) is 0 Å². The summed E-state index contributed by atoms with van der Waals surface area (Å²) in [5, 5.41) is 0.0432. The molecular formula is C25H23NO6S. The molecule has 7 nitrogen and oxygen atoms in total. The standard InChI is InChI=1S/C25H23NO6S/c1-16-21(24(29)31-2)23(33-22(16)25(30)32-3)26(19(27)14-17-10-6-4-7-11-17)20(28)15-18-12-8-5-9-13-18/h4-13H,14-15H2,1-3H3. The minimum absolute atomic E-state index is 0.00859. The zero-order valence-electron chi connectivity index (χ0n) is 18.5. The Morgan fingerprint density at radius 1 is 0.758 bits per heavy atom. The van der Waals surface area contributed by atoms with Crippen molar-refractivity contribution in [2.45, 2.75) is 19.8 Å². The Morgan fingerprint density at radius 3 is 1.64 bits per heavy atom. The van der Waals surface area contributed by atoms with Crippen molar-refractivity contribution in [3.05, 3.63) is 87.8 Å². The molecule has 0 fully saturated rings. The van der Waals surface area contributed by atoms with E-state index in [9.17, 15) is 19.2 Å². The van der Waals surface area contributed by atoms with Crippen molar-refractivity contribution >= 4 is 40.1 Å². The Bertz CT molecular complexity index is 1120. The molecule has 0 aliphatic heterocycles. The van der Waals surface area contributed by atoms with Gasteiger partial charge in [-0.05, 0) is 23.6 Å². The Morgan fingerprint density at radius 2 is 1.21 bits per heavy atom. The SMILES string of the molecule is COC(=O)c1sc(N(C(=O)Cc2ccccc2)C(=O)Cc2ccccc2)c(C(=O)OC)c1C. The first-order valence-corrected chi connectivity index (χ1v) is 10.9. The largest absolute Gasteiger partial charge is 0.465 e. The van der Waals surface area contributed by atoms with E-state index in [1.165, 1.54) is 14.2 Å². The highest BCUT2D eigenvalue weighted by molar-refractivity contribution is 7.19. The van der Waals surface area contributed by atoms with E-state index in [1.54, 1.807) is 55.5 Å². The quantitative estimate of drug-likeness (QED) is 0.491. The van der Waals surface area contributed by atoms with E-state index >= 15 is 0 Å². The number of hydrogen-bond donors (Lipinski definition) is 0.